The van der Waals surface area contributed by atoms with E-state index in [4.69, 9.17) is 33.7 Å². The normalized spacial score (nSPS) is 23.0. The second-order valence-corrected chi connectivity index (χ2v) is 17.1. The number of benzene rings is 3. The predicted octanol–water partition coefficient (Wildman–Crippen LogP) is 8.57. The Balaban J connectivity index is 1.33. The number of carbonyl (C=O) groups excluding carboxylic acids is 1. The highest BCUT2D eigenvalue weighted by molar-refractivity contribution is 6.03. The first-order valence-corrected chi connectivity index (χ1v) is 22.8. The van der Waals surface area contributed by atoms with Crippen LogP contribution in [-0.4, -0.2) is 76.8 Å². The van der Waals surface area contributed by atoms with Crippen LogP contribution >= 0.6 is 0 Å². The topological polar surface area (TPSA) is 165 Å². The number of aliphatic hydroxyl groups is 2. The second-order valence-electron chi connectivity index (χ2n) is 17.1. The van der Waals surface area contributed by atoms with E-state index < -0.39 is 17.7 Å². The van der Waals surface area contributed by atoms with Crippen molar-refractivity contribution in [1.82, 2.24) is 9.88 Å². The molecule has 0 saturated heterocycles. The van der Waals surface area contributed by atoms with Gasteiger partial charge in [-0.3, -0.25) is 9.78 Å². The van der Waals surface area contributed by atoms with E-state index in [9.17, 15) is 15.5 Å². The van der Waals surface area contributed by atoms with Gasteiger partial charge in [-0.15, -0.1) is 6.58 Å². The standard InChI is InChI=1S/C52H58N4O9/c1-4-25-63-52-48(56(51(59)37-18-15-35(30-53)16-19-37)31-36-17-21-46-47(26-36)62-33-61-46)29-44(55-64-5-2)42-27-38(12-6-8-23-57)41(14-7-9-24-58)49(50(42)52)43-28-40(20-22-45(43)65-52)60-32-39-13-10-11-34(3)54-39/h4,10-11,13,15-22,26-28,38,41,48-50,57-58H,1,5-9,12,14,23-25,29,31-33H2,2-3H3/t38-,41+,48-,49+,50+,52+/m0/s1. The Morgan fingerprint density at radius 1 is 1.00 bits per heavy atom. The number of allylic oxidation sites excluding steroid dienone is 1. The van der Waals surface area contributed by atoms with Crippen LogP contribution in [0, 0.1) is 36.0 Å². The third kappa shape index (κ3) is 9.62. The number of nitriles is 1. The summed E-state index contributed by atoms with van der Waals surface area (Å²) in [4.78, 5) is 27.8. The molecule has 0 spiro atoms. The van der Waals surface area contributed by atoms with E-state index in [0.717, 1.165) is 53.8 Å². The highest BCUT2D eigenvalue weighted by atomic mass is 16.7. The molecule has 0 unspecified atom stereocenters. The molecule has 6 atom stereocenters. The lowest BCUT2D eigenvalue weighted by atomic mass is 9.55. The van der Waals surface area contributed by atoms with Crippen molar-refractivity contribution in [2.45, 2.75) is 89.7 Å². The Hall–Kier alpha value is -6.20. The minimum absolute atomic E-state index is 0.0284. The molecule has 13 heteroatoms. The van der Waals surface area contributed by atoms with Gasteiger partial charge in [-0.1, -0.05) is 42.3 Å². The number of hydrogen-bond donors (Lipinski definition) is 2. The van der Waals surface area contributed by atoms with Crippen LogP contribution in [0.5, 0.6) is 23.0 Å². The van der Waals surface area contributed by atoms with Crippen molar-refractivity contribution in [2.75, 3.05) is 33.2 Å². The van der Waals surface area contributed by atoms with Gasteiger partial charge in [0.25, 0.3) is 5.91 Å². The summed E-state index contributed by atoms with van der Waals surface area (Å²) in [7, 11) is 0. The van der Waals surface area contributed by atoms with Crippen LogP contribution in [0.15, 0.2) is 108 Å². The van der Waals surface area contributed by atoms with E-state index in [1.54, 1.807) is 30.3 Å². The molecule has 1 amide bonds. The first kappa shape index (κ1) is 45.4. The van der Waals surface area contributed by atoms with E-state index in [1.807, 2.05) is 67.3 Å². The number of oxime groups is 1. The van der Waals surface area contributed by atoms with Crippen molar-refractivity contribution in [3.05, 3.63) is 137 Å². The van der Waals surface area contributed by atoms with Crippen LogP contribution in [0.2, 0.25) is 0 Å². The summed E-state index contributed by atoms with van der Waals surface area (Å²) in [6.07, 6.45) is 8.77. The number of unbranched alkanes of at least 4 members (excludes halogenated alkanes) is 2. The molecule has 340 valence electrons. The molecule has 13 nitrogen and oxygen atoms in total. The lowest BCUT2D eigenvalue weighted by molar-refractivity contribution is -0.255. The predicted molar refractivity (Wildman–Crippen MR) is 243 cm³/mol. The van der Waals surface area contributed by atoms with Gasteiger partial charge in [-0.25, -0.2) is 0 Å². The second kappa shape index (κ2) is 20.7. The fourth-order valence-corrected chi connectivity index (χ4v) is 10.1. The Bertz CT molecular complexity index is 2430. The summed E-state index contributed by atoms with van der Waals surface area (Å²) < 4.78 is 32.6. The Kier molecular flexibility index (Phi) is 14.5. The molecule has 2 N–H and O–H groups in total. The molecule has 8 rings (SSSR count). The Morgan fingerprint density at radius 3 is 2.54 bits per heavy atom. The number of aromatic nitrogens is 1. The number of hydrogen-bond acceptors (Lipinski definition) is 12. The number of nitrogens with zero attached hydrogens (tertiary/aromatic N) is 4. The Labute approximate surface area is 380 Å². The van der Waals surface area contributed by atoms with E-state index in [1.165, 1.54) is 0 Å². The molecule has 3 aromatic carbocycles. The van der Waals surface area contributed by atoms with Crippen molar-refractivity contribution in [1.29, 1.82) is 5.26 Å². The molecular formula is C52H58N4O9. The average molecular weight is 883 g/mol. The van der Waals surface area contributed by atoms with E-state index in [-0.39, 0.29) is 69.8 Å². The summed E-state index contributed by atoms with van der Waals surface area (Å²) in [6.45, 7) is 9.05. The maximum absolute atomic E-state index is 15.4. The van der Waals surface area contributed by atoms with Crippen molar-refractivity contribution in [3.63, 3.8) is 0 Å². The zero-order valence-corrected chi connectivity index (χ0v) is 37.2. The fraction of sp³-hybridized carbons (Fsp3) is 0.423. The van der Waals surface area contributed by atoms with Gasteiger partial charge in [0.15, 0.2) is 11.5 Å². The smallest absolute Gasteiger partial charge is 0.254 e. The van der Waals surface area contributed by atoms with Crippen molar-refractivity contribution >= 4 is 11.6 Å². The first-order chi connectivity index (χ1) is 31.8. The van der Waals surface area contributed by atoms with Gasteiger partial charge < -0.3 is 43.6 Å². The van der Waals surface area contributed by atoms with Gasteiger partial charge in [-0.05, 0) is 129 Å². The molecule has 0 radical (unpaired) electrons. The number of aliphatic hydroxyl groups excluding tert-OH is 2. The number of ether oxygens (including phenoxy) is 5. The molecule has 2 aliphatic heterocycles. The van der Waals surface area contributed by atoms with Crippen LogP contribution in [0.25, 0.3) is 0 Å². The van der Waals surface area contributed by atoms with Crippen LogP contribution in [-0.2, 0) is 22.7 Å². The monoisotopic (exact) mass is 882 g/mol. The Morgan fingerprint density at radius 2 is 1.78 bits per heavy atom. The van der Waals surface area contributed by atoms with Crippen molar-refractivity contribution < 1.29 is 43.5 Å². The van der Waals surface area contributed by atoms with Crippen molar-refractivity contribution in [3.8, 4) is 29.1 Å². The van der Waals surface area contributed by atoms with Gasteiger partial charge in [-0.2, -0.15) is 5.26 Å². The fourth-order valence-electron chi connectivity index (χ4n) is 10.1. The molecule has 65 heavy (non-hydrogen) atoms. The number of pyridine rings is 1. The summed E-state index contributed by atoms with van der Waals surface area (Å²) >= 11 is 0. The minimum Gasteiger partial charge on any atom is -0.487 e. The molecule has 1 saturated carbocycles. The number of aryl methyl sites for hydroxylation is 1. The van der Waals surface area contributed by atoms with Gasteiger partial charge in [0, 0.05) is 48.9 Å². The lowest BCUT2D eigenvalue weighted by Crippen LogP contribution is -2.70. The average Bonchev–Trinajstić information content (AvgIpc) is 3.80. The molecule has 2 aliphatic carbocycles. The largest absolute Gasteiger partial charge is 0.487 e. The van der Waals surface area contributed by atoms with Gasteiger partial charge in [0.05, 0.1) is 35.6 Å². The van der Waals surface area contributed by atoms with E-state index in [0.29, 0.717) is 59.3 Å². The molecule has 1 aromatic heterocycles. The summed E-state index contributed by atoms with van der Waals surface area (Å²) in [5.74, 6) is 0.0457. The molecule has 4 aliphatic rings. The summed E-state index contributed by atoms with van der Waals surface area (Å²) in [6, 6.07) is 25.5. The number of carbonyl (C=O) groups is 1. The van der Waals surface area contributed by atoms with Gasteiger partial charge >= 0.3 is 0 Å². The lowest BCUT2D eigenvalue weighted by Gasteiger charge is -2.60. The van der Waals surface area contributed by atoms with Crippen LogP contribution in [0.3, 0.4) is 0 Å². The maximum atomic E-state index is 15.4. The summed E-state index contributed by atoms with van der Waals surface area (Å²) in [5.41, 5.74) is 5.92. The van der Waals surface area contributed by atoms with Crippen molar-refractivity contribution in [2.24, 2.45) is 22.9 Å². The SMILES string of the molecule is C=CCO[C@@]12Oc3ccc(OCc4cccc(C)n4)cc3[C@H]3[C@H](CCCCO)[C@@H](CCCCO)C=C(C(=NOCC)C[C@@H]1N(Cc1ccc4c(c1)OCO4)C(=O)c1ccc(C#N)cc1)[C@H]32. The van der Waals surface area contributed by atoms with E-state index in [2.05, 4.69) is 29.8 Å². The molecule has 4 aromatic rings. The number of rotatable bonds is 20. The minimum atomic E-state index is -1.49. The molecule has 3 heterocycles. The summed E-state index contributed by atoms with van der Waals surface area (Å²) in [5, 5.41) is 34.5. The molecular weight excluding hydrogens is 825 g/mol. The van der Waals surface area contributed by atoms with Gasteiger partial charge in [0.1, 0.15) is 30.8 Å². The molecule has 0 bridgehead atoms. The number of fused-ring (bicyclic) bond motifs is 3. The third-order valence-corrected chi connectivity index (χ3v) is 13.0. The highest BCUT2D eigenvalue weighted by Crippen LogP contribution is 2.62. The zero-order valence-electron chi connectivity index (χ0n) is 37.2. The van der Waals surface area contributed by atoms with E-state index >= 15 is 4.79 Å². The number of amides is 1. The van der Waals surface area contributed by atoms with Crippen LogP contribution < -0.4 is 18.9 Å². The van der Waals surface area contributed by atoms with Crippen LogP contribution in [0.4, 0.5) is 0 Å². The first-order valence-electron chi connectivity index (χ1n) is 22.8. The van der Waals surface area contributed by atoms with Gasteiger partial charge in [0.2, 0.25) is 12.6 Å². The quantitative estimate of drug-likeness (QED) is 0.0496. The molecule has 1 fully saturated rings. The highest BCUT2D eigenvalue weighted by Gasteiger charge is 2.65. The zero-order chi connectivity index (χ0) is 45.3. The maximum Gasteiger partial charge on any atom is 0.254 e. The third-order valence-electron chi connectivity index (χ3n) is 13.0. The van der Waals surface area contributed by atoms with Crippen LogP contribution in [0.1, 0.15) is 96.2 Å².